The molecule has 2 N–H and O–H groups in total. The first-order chi connectivity index (χ1) is 9.62. The van der Waals surface area contributed by atoms with Crippen LogP contribution in [-0.4, -0.2) is 36.5 Å². The Balaban J connectivity index is 2.08. The van der Waals surface area contributed by atoms with E-state index in [2.05, 4.69) is 44.2 Å². The zero-order valence-electron chi connectivity index (χ0n) is 13.1. The minimum Gasteiger partial charge on any atom is -0.464 e. The molecule has 0 aromatic carbocycles. The molecule has 2 rings (SSSR count). The molecule has 4 heteroatoms. The largest absolute Gasteiger partial charge is 0.464 e. The Morgan fingerprint density at radius 1 is 1.50 bits per heavy atom. The molecule has 20 heavy (non-hydrogen) atoms. The first-order valence-electron chi connectivity index (χ1n) is 7.62. The number of likely N-dealkylation sites (N-methyl/N-ethyl adjacent to an activating group) is 1. The van der Waals surface area contributed by atoms with E-state index in [1.54, 1.807) is 0 Å². The maximum absolute atomic E-state index is 6.10. The fraction of sp³-hybridized carbons (Fsp3) is 0.750. The van der Waals surface area contributed by atoms with Crippen molar-refractivity contribution < 1.29 is 4.42 Å². The van der Waals surface area contributed by atoms with E-state index in [-0.39, 0.29) is 6.04 Å². The number of nitrogens with two attached hydrogens (primary N) is 1. The van der Waals surface area contributed by atoms with Crippen LogP contribution in [0, 0.1) is 5.92 Å². The van der Waals surface area contributed by atoms with Crippen LogP contribution in [-0.2, 0) is 0 Å². The van der Waals surface area contributed by atoms with Crippen LogP contribution >= 0.6 is 11.8 Å². The van der Waals surface area contributed by atoms with E-state index in [1.807, 2.05) is 11.8 Å². The SMILES string of the molecule is CCC(CSC)N(C)C(CN)c1ccc(C2CC2C)o1. The Hall–Kier alpha value is -0.450. The van der Waals surface area contributed by atoms with Gasteiger partial charge in [-0.3, -0.25) is 4.90 Å². The second-order valence-electron chi connectivity index (χ2n) is 5.99. The number of thioether (sulfide) groups is 1. The number of hydrogen-bond donors (Lipinski definition) is 1. The highest BCUT2D eigenvalue weighted by Gasteiger charge is 2.37. The van der Waals surface area contributed by atoms with Gasteiger partial charge in [-0.2, -0.15) is 11.8 Å². The molecule has 0 spiro atoms. The van der Waals surface area contributed by atoms with Gasteiger partial charge in [-0.05, 0) is 44.2 Å². The monoisotopic (exact) mass is 296 g/mol. The molecule has 1 aromatic rings. The molecule has 0 bridgehead atoms. The van der Waals surface area contributed by atoms with Gasteiger partial charge in [0, 0.05) is 24.3 Å². The standard InChI is InChI=1S/C16H28N2OS/c1-5-12(10-20-4)18(3)14(9-17)16-7-6-15(19-16)13-8-11(13)2/h6-7,11-14H,5,8-10,17H2,1-4H3. The van der Waals surface area contributed by atoms with Gasteiger partial charge in [-0.15, -0.1) is 0 Å². The Labute approximate surface area is 127 Å². The topological polar surface area (TPSA) is 42.4 Å². The van der Waals surface area contributed by atoms with Gasteiger partial charge in [0.1, 0.15) is 11.5 Å². The average molecular weight is 296 g/mol. The van der Waals surface area contributed by atoms with Gasteiger partial charge in [0.25, 0.3) is 0 Å². The molecule has 1 aromatic heterocycles. The van der Waals surface area contributed by atoms with Crippen molar-refractivity contribution in [3.8, 4) is 0 Å². The highest BCUT2D eigenvalue weighted by molar-refractivity contribution is 7.98. The minimum absolute atomic E-state index is 0.190. The molecular formula is C16H28N2OS. The van der Waals surface area contributed by atoms with Crippen molar-refractivity contribution in [2.45, 2.75) is 44.7 Å². The summed E-state index contributed by atoms with van der Waals surface area (Å²) >= 11 is 1.89. The van der Waals surface area contributed by atoms with Gasteiger partial charge in [-0.25, -0.2) is 0 Å². The van der Waals surface area contributed by atoms with E-state index < -0.39 is 0 Å². The summed E-state index contributed by atoms with van der Waals surface area (Å²) in [5.74, 6) is 4.74. The first kappa shape index (κ1) is 15.9. The summed E-state index contributed by atoms with van der Waals surface area (Å²) in [6.07, 6.45) is 4.56. The summed E-state index contributed by atoms with van der Waals surface area (Å²) in [7, 11) is 2.17. The van der Waals surface area contributed by atoms with E-state index in [4.69, 9.17) is 10.2 Å². The van der Waals surface area contributed by atoms with E-state index >= 15 is 0 Å². The average Bonchev–Trinajstić information content (AvgIpc) is 2.98. The maximum Gasteiger partial charge on any atom is 0.122 e. The Morgan fingerprint density at radius 3 is 2.70 bits per heavy atom. The lowest BCUT2D eigenvalue weighted by Crippen LogP contribution is -2.39. The lowest BCUT2D eigenvalue weighted by Gasteiger charge is -2.32. The number of nitrogens with zero attached hydrogens (tertiary/aromatic N) is 1. The molecular weight excluding hydrogens is 268 g/mol. The normalized spacial score (nSPS) is 24.9. The quantitative estimate of drug-likeness (QED) is 0.797. The van der Waals surface area contributed by atoms with Crippen LogP contribution in [0.3, 0.4) is 0 Å². The van der Waals surface area contributed by atoms with Crippen molar-refractivity contribution in [3.05, 3.63) is 23.7 Å². The molecule has 1 aliphatic carbocycles. The second kappa shape index (κ2) is 7.01. The van der Waals surface area contributed by atoms with Crippen LogP contribution in [0.25, 0.3) is 0 Å². The molecule has 1 saturated carbocycles. The van der Waals surface area contributed by atoms with Crippen molar-refractivity contribution in [3.63, 3.8) is 0 Å². The zero-order chi connectivity index (χ0) is 14.7. The van der Waals surface area contributed by atoms with Crippen molar-refractivity contribution in [1.29, 1.82) is 0 Å². The van der Waals surface area contributed by atoms with Crippen LogP contribution in [0.5, 0.6) is 0 Å². The van der Waals surface area contributed by atoms with Crippen molar-refractivity contribution in [2.75, 3.05) is 25.6 Å². The summed E-state index contributed by atoms with van der Waals surface area (Å²) < 4.78 is 6.10. The zero-order valence-corrected chi connectivity index (χ0v) is 14.0. The van der Waals surface area contributed by atoms with Gasteiger partial charge < -0.3 is 10.2 Å². The third kappa shape index (κ3) is 3.41. The van der Waals surface area contributed by atoms with Crippen LogP contribution in [0.4, 0.5) is 0 Å². The van der Waals surface area contributed by atoms with E-state index in [1.165, 1.54) is 6.42 Å². The molecule has 0 radical (unpaired) electrons. The molecule has 4 atom stereocenters. The van der Waals surface area contributed by atoms with Gasteiger partial charge in [0.2, 0.25) is 0 Å². The number of rotatable bonds is 8. The molecule has 1 fully saturated rings. The molecule has 0 aliphatic heterocycles. The van der Waals surface area contributed by atoms with E-state index in [0.29, 0.717) is 18.5 Å². The minimum atomic E-state index is 0.190. The molecule has 4 unspecified atom stereocenters. The van der Waals surface area contributed by atoms with Crippen LogP contribution < -0.4 is 5.73 Å². The molecule has 0 saturated heterocycles. The molecule has 1 aliphatic rings. The van der Waals surface area contributed by atoms with Gasteiger partial charge in [-0.1, -0.05) is 13.8 Å². The van der Waals surface area contributed by atoms with Crippen molar-refractivity contribution >= 4 is 11.8 Å². The summed E-state index contributed by atoms with van der Waals surface area (Å²) in [4.78, 5) is 2.38. The molecule has 0 amide bonds. The summed E-state index contributed by atoms with van der Waals surface area (Å²) in [6.45, 7) is 5.13. The smallest absolute Gasteiger partial charge is 0.122 e. The fourth-order valence-corrected chi connectivity index (χ4v) is 3.77. The first-order valence-corrected chi connectivity index (χ1v) is 9.02. The van der Waals surface area contributed by atoms with Crippen LogP contribution in [0.1, 0.15) is 50.2 Å². The van der Waals surface area contributed by atoms with Crippen molar-refractivity contribution in [2.24, 2.45) is 11.7 Å². The highest BCUT2D eigenvalue weighted by Crippen LogP contribution is 2.47. The Bertz CT molecular complexity index is 420. The van der Waals surface area contributed by atoms with Gasteiger partial charge >= 0.3 is 0 Å². The van der Waals surface area contributed by atoms with E-state index in [9.17, 15) is 0 Å². The maximum atomic E-state index is 6.10. The number of furan rings is 1. The predicted molar refractivity (Wildman–Crippen MR) is 87.2 cm³/mol. The highest BCUT2D eigenvalue weighted by atomic mass is 32.2. The van der Waals surface area contributed by atoms with Gasteiger partial charge in [0.05, 0.1) is 6.04 Å². The molecule has 114 valence electrons. The Kier molecular flexibility index (Phi) is 5.58. The Morgan fingerprint density at radius 2 is 2.20 bits per heavy atom. The lowest BCUT2D eigenvalue weighted by atomic mass is 10.1. The van der Waals surface area contributed by atoms with E-state index in [0.717, 1.165) is 29.6 Å². The summed E-state index contributed by atoms with van der Waals surface area (Å²) in [5, 5.41) is 0. The third-order valence-electron chi connectivity index (χ3n) is 4.57. The molecule has 1 heterocycles. The van der Waals surface area contributed by atoms with Crippen molar-refractivity contribution in [1.82, 2.24) is 4.90 Å². The number of hydrogen-bond acceptors (Lipinski definition) is 4. The lowest BCUT2D eigenvalue weighted by molar-refractivity contribution is 0.166. The fourth-order valence-electron chi connectivity index (χ4n) is 2.92. The second-order valence-corrected chi connectivity index (χ2v) is 6.90. The van der Waals surface area contributed by atoms with Crippen LogP contribution in [0.15, 0.2) is 16.5 Å². The van der Waals surface area contributed by atoms with Gasteiger partial charge in [0.15, 0.2) is 0 Å². The predicted octanol–water partition coefficient (Wildman–Crippen LogP) is 3.48. The summed E-state index contributed by atoms with van der Waals surface area (Å²) in [5.41, 5.74) is 6.01. The molecule has 3 nitrogen and oxygen atoms in total. The van der Waals surface area contributed by atoms with Crippen LogP contribution in [0.2, 0.25) is 0 Å². The third-order valence-corrected chi connectivity index (χ3v) is 5.29. The summed E-state index contributed by atoms with van der Waals surface area (Å²) in [6, 6.07) is 5.01.